The zero-order valence-corrected chi connectivity index (χ0v) is 14.0. The largest absolute Gasteiger partial charge is 0.368 e. The molecule has 1 aromatic carbocycles. The van der Waals surface area contributed by atoms with E-state index in [-0.39, 0.29) is 0 Å². The van der Waals surface area contributed by atoms with Crippen LogP contribution in [0, 0.1) is 0 Å². The Kier molecular flexibility index (Phi) is 4.12. The minimum atomic E-state index is 0.617. The lowest BCUT2D eigenvalue weighted by Gasteiger charge is -2.10. The summed E-state index contributed by atoms with van der Waals surface area (Å²) in [7, 11) is 0. The third-order valence-electron chi connectivity index (χ3n) is 4.00. The first kappa shape index (κ1) is 15.3. The SMILES string of the molecule is CCc1cc(NCCNc2ccc3ccccc3n2)n2ncnc2n1. The van der Waals surface area contributed by atoms with Crippen molar-refractivity contribution in [1.82, 2.24) is 24.6 Å². The summed E-state index contributed by atoms with van der Waals surface area (Å²) in [5.41, 5.74) is 1.98. The molecule has 25 heavy (non-hydrogen) atoms. The molecule has 0 amide bonds. The van der Waals surface area contributed by atoms with E-state index in [1.165, 1.54) is 6.33 Å². The number of anilines is 2. The van der Waals surface area contributed by atoms with Crippen LogP contribution in [0.4, 0.5) is 11.6 Å². The van der Waals surface area contributed by atoms with Crippen molar-refractivity contribution < 1.29 is 0 Å². The summed E-state index contributed by atoms with van der Waals surface area (Å²) >= 11 is 0. The predicted molar refractivity (Wildman–Crippen MR) is 98.9 cm³/mol. The third kappa shape index (κ3) is 3.21. The molecule has 4 aromatic rings. The number of para-hydroxylation sites is 1. The van der Waals surface area contributed by atoms with Crippen LogP contribution in [-0.2, 0) is 6.42 Å². The number of nitrogens with zero attached hydrogens (tertiary/aromatic N) is 5. The number of hydrogen-bond donors (Lipinski definition) is 2. The highest BCUT2D eigenvalue weighted by Gasteiger charge is 2.06. The summed E-state index contributed by atoms with van der Waals surface area (Å²) < 4.78 is 1.72. The van der Waals surface area contributed by atoms with E-state index in [9.17, 15) is 0 Å². The highest BCUT2D eigenvalue weighted by Crippen LogP contribution is 2.14. The Morgan fingerprint density at radius 2 is 1.88 bits per heavy atom. The molecule has 7 nitrogen and oxygen atoms in total. The molecule has 3 heterocycles. The van der Waals surface area contributed by atoms with Gasteiger partial charge in [0.25, 0.3) is 5.78 Å². The fraction of sp³-hybridized carbons (Fsp3) is 0.222. The number of rotatable bonds is 6. The minimum Gasteiger partial charge on any atom is -0.368 e. The average molecular weight is 333 g/mol. The second-order valence-electron chi connectivity index (χ2n) is 5.70. The topological polar surface area (TPSA) is 80.0 Å². The molecule has 3 aromatic heterocycles. The molecule has 0 radical (unpaired) electrons. The summed E-state index contributed by atoms with van der Waals surface area (Å²) in [5, 5.41) is 12.1. The molecule has 126 valence electrons. The maximum absolute atomic E-state index is 4.61. The van der Waals surface area contributed by atoms with Crippen molar-refractivity contribution in [2.24, 2.45) is 0 Å². The molecule has 0 spiro atoms. The Balaban J connectivity index is 1.41. The van der Waals surface area contributed by atoms with Crippen LogP contribution >= 0.6 is 0 Å². The van der Waals surface area contributed by atoms with E-state index in [1.54, 1.807) is 4.52 Å². The van der Waals surface area contributed by atoms with Gasteiger partial charge in [0.2, 0.25) is 0 Å². The molecule has 4 rings (SSSR count). The number of benzene rings is 1. The average Bonchev–Trinajstić information content (AvgIpc) is 3.13. The first-order valence-electron chi connectivity index (χ1n) is 8.36. The highest BCUT2D eigenvalue weighted by molar-refractivity contribution is 5.80. The Bertz CT molecular complexity index is 1010. The summed E-state index contributed by atoms with van der Waals surface area (Å²) in [6, 6.07) is 14.2. The number of nitrogens with one attached hydrogen (secondary N) is 2. The zero-order valence-electron chi connectivity index (χ0n) is 14.0. The number of hydrogen-bond acceptors (Lipinski definition) is 6. The van der Waals surface area contributed by atoms with Gasteiger partial charge < -0.3 is 10.6 Å². The van der Waals surface area contributed by atoms with Crippen LogP contribution in [0.1, 0.15) is 12.6 Å². The van der Waals surface area contributed by atoms with Crippen LogP contribution in [0.25, 0.3) is 16.7 Å². The van der Waals surface area contributed by atoms with Gasteiger partial charge in [0.15, 0.2) is 0 Å². The van der Waals surface area contributed by atoms with E-state index in [0.29, 0.717) is 5.78 Å². The first-order chi connectivity index (χ1) is 12.3. The van der Waals surface area contributed by atoms with E-state index in [1.807, 2.05) is 30.3 Å². The minimum absolute atomic E-state index is 0.617. The maximum Gasteiger partial charge on any atom is 0.254 e. The molecule has 2 N–H and O–H groups in total. The molecule has 7 heteroatoms. The van der Waals surface area contributed by atoms with Gasteiger partial charge in [0.1, 0.15) is 18.0 Å². The first-order valence-corrected chi connectivity index (χ1v) is 8.36. The molecule has 0 unspecified atom stereocenters. The Labute approximate surface area is 145 Å². The van der Waals surface area contributed by atoms with Gasteiger partial charge in [-0.2, -0.15) is 14.6 Å². The van der Waals surface area contributed by atoms with E-state index in [0.717, 1.165) is 47.7 Å². The standard InChI is InChI=1S/C18H19N7/c1-2-14-11-17(25-18(23-14)21-12-22-25)20-10-9-19-16-8-7-13-5-3-4-6-15(13)24-16/h3-8,11-12,20H,2,9-10H2,1H3,(H,19,24). The lowest BCUT2D eigenvalue weighted by Crippen LogP contribution is -2.16. The normalized spacial score (nSPS) is 11.1. The Hall–Kier alpha value is -3.22. The smallest absolute Gasteiger partial charge is 0.254 e. The summed E-state index contributed by atoms with van der Waals surface area (Å²) in [5.74, 6) is 2.38. The number of pyridine rings is 1. The van der Waals surface area contributed by atoms with Gasteiger partial charge in [-0.3, -0.25) is 0 Å². The number of aryl methyl sites for hydroxylation is 1. The Morgan fingerprint density at radius 1 is 1.00 bits per heavy atom. The van der Waals surface area contributed by atoms with Crippen molar-refractivity contribution >= 4 is 28.3 Å². The van der Waals surface area contributed by atoms with Crippen molar-refractivity contribution in [3.05, 3.63) is 54.5 Å². The van der Waals surface area contributed by atoms with Gasteiger partial charge in [0, 0.05) is 30.2 Å². The molecule has 0 bridgehead atoms. The van der Waals surface area contributed by atoms with Gasteiger partial charge >= 0.3 is 0 Å². The van der Waals surface area contributed by atoms with Gasteiger partial charge in [-0.05, 0) is 24.6 Å². The van der Waals surface area contributed by atoms with Crippen LogP contribution in [0.2, 0.25) is 0 Å². The van der Waals surface area contributed by atoms with Crippen molar-refractivity contribution in [1.29, 1.82) is 0 Å². The van der Waals surface area contributed by atoms with Crippen molar-refractivity contribution in [3.63, 3.8) is 0 Å². The van der Waals surface area contributed by atoms with Crippen molar-refractivity contribution in [3.8, 4) is 0 Å². The van der Waals surface area contributed by atoms with Crippen LogP contribution < -0.4 is 10.6 Å². The van der Waals surface area contributed by atoms with E-state index in [2.05, 4.69) is 49.7 Å². The maximum atomic E-state index is 4.61. The second kappa shape index (κ2) is 6.72. The van der Waals surface area contributed by atoms with Gasteiger partial charge in [-0.1, -0.05) is 25.1 Å². The highest BCUT2D eigenvalue weighted by atomic mass is 15.4. The predicted octanol–water partition coefficient (Wildman–Crippen LogP) is 2.76. The van der Waals surface area contributed by atoms with Crippen molar-refractivity contribution in [2.45, 2.75) is 13.3 Å². The molecule has 0 saturated carbocycles. The number of aromatic nitrogens is 5. The van der Waals surface area contributed by atoms with Gasteiger partial charge in [-0.15, -0.1) is 0 Å². The van der Waals surface area contributed by atoms with Crippen LogP contribution in [0.5, 0.6) is 0 Å². The molecule has 0 aliphatic rings. The molecule has 0 fully saturated rings. The molecule has 0 aliphatic heterocycles. The van der Waals surface area contributed by atoms with Gasteiger partial charge in [0.05, 0.1) is 5.52 Å². The van der Waals surface area contributed by atoms with Crippen LogP contribution in [-0.4, -0.2) is 37.7 Å². The summed E-state index contributed by atoms with van der Waals surface area (Å²) in [6.45, 7) is 3.55. The van der Waals surface area contributed by atoms with E-state index < -0.39 is 0 Å². The summed E-state index contributed by atoms with van der Waals surface area (Å²) in [6.07, 6.45) is 2.38. The zero-order chi connectivity index (χ0) is 17.1. The van der Waals surface area contributed by atoms with Crippen LogP contribution in [0.15, 0.2) is 48.8 Å². The summed E-state index contributed by atoms with van der Waals surface area (Å²) in [4.78, 5) is 13.2. The Morgan fingerprint density at radius 3 is 2.80 bits per heavy atom. The second-order valence-corrected chi connectivity index (χ2v) is 5.70. The molecule has 0 saturated heterocycles. The quantitative estimate of drug-likeness (QED) is 0.528. The molecule has 0 atom stereocenters. The fourth-order valence-corrected chi connectivity index (χ4v) is 2.71. The van der Waals surface area contributed by atoms with Crippen molar-refractivity contribution in [2.75, 3.05) is 23.7 Å². The molecular formula is C18H19N7. The lowest BCUT2D eigenvalue weighted by molar-refractivity contribution is 0.900. The lowest BCUT2D eigenvalue weighted by atomic mass is 10.2. The van der Waals surface area contributed by atoms with E-state index in [4.69, 9.17) is 0 Å². The fourth-order valence-electron chi connectivity index (χ4n) is 2.71. The monoisotopic (exact) mass is 333 g/mol. The third-order valence-corrected chi connectivity index (χ3v) is 4.00. The number of fused-ring (bicyclic) bond motifs is 2. The molecular weight excluding hydrogens is 314 g/mol. The van der Waals surface area contributed by atoms with Gasteiger partial charge in [-0.25, -0.2) is 9.97 Å². The van der Waals surface area contributed by atoms with Crippen LogP contribution in [0.3, 0.4) is 0 Å². The molecule has 0 aliphatic carbocycles. The van der Waals surface area contributed by atoms with E-state index >= 15 is 0 Å².